The molecular weight excluding hydrogens is 184 g/mol. The average Bonchev–Trinajstić information content (AvgIpc) is 2.39. The highest BCUT2D eigenvalue weighted by molar-refractivity contribution is 4.93. The highest BCUT2D eigenvalue weighted by Crippen LogP contribution is 2.33. The summed E-state index contributed by atoms with van der Waals surface area (Å²) in [5.41, 5.74) is 0. The van der Waals surface area contributed by atoms with Crippen molar-refractivity contribution in [3.8, 4) is 0 Å². The van der Waals surface area contributed by atoms with Crippen LogP contribution in [0.5, 0.6) is 0 Å². The lowest BCUT2D eigenvalue weighted by Crippen LogP contribution is -2.47. The van der Waals surface area contributed by atoms with Gasteiger partial charge in [0, 0.05) is 25.2 Å². The molecule has 2 nitrogen and oxygen atoms in total. The van der Waals surface area contributed by atoms with Crippen molar-refractivity contribution in [1.29, 1.82) is 0 Å². The van der Waals surface area contributed by atoms with Crippen molar-refractivity contribution < 1.29 is 0 Å². The van der Waals surface area contributed by atoms with Crippen molar-refractivity contribution in [3.63, 3.8) is 0 Å². The van der Waals surface area contributed by atoms with Crippen LogP contribution >= 0.6 is 0 Å². The molecule has 15 heavy (non-hydrogen) atoms. The fourth-order valence-electron chi connectivity index (χ4n) is 3.56. The molecule has 0 amide bonds. The SMILES string of the molecule is CC(C)C1NCCN(C)C2CCCCC12. The quantitative estimate of drug-likeness (QED) is 0.713. The van der Waals surface area contributed by atoms with Crippen molar-refractivity contribution in [1.82, 2.24) is 10.2 Å². The molecule has 0 aromatic rings. The van der Waals surface area contributed by atoms with Crippen molar-refractivity contribution in [2.24, 2.45) is 11.8 Å². The molecule has 1 heterocycles. The van der Waals surface area contributed by atoms with Crippen LogP contribution in [0.25, 0.3) is 0 Å². The average molecular weight is 210 g/mol. The van der Waals surface area contributed by atoms with Crippen LogP contribution in [0.1, 0.15) is 39.5 Å². The fraction of sp³-hybridized carbons (Fsp3) is 1.00. The molecule has 3 unspecified atom stereocenters. The topological polar surface area (TPSA) is 15.3 Å². The van der Waals surface area contributed by atoms with Gasteiger partial charge in [0.1, 0.15) is 0 Å². The lowest BCUT2D eigenvalue weighted by molar-refractivity contribution is 0.118. The van der Waals surface area contributed by atoms with Gasteiger partial charge in [-0.05, 0) is 31.7 Å². The monoisotopic (exact) mass is 210 g/mol. The number of rotatable bonds is 1. The Labute approximate surface area is 94.4 Å². The Bertz CT molecular complexity index is 201. The summed E-state index contributed by atoms with van der Waals surface area (Å²) in [5.74, 6) is 1.67. The van der Waals surface area contributed by atoms with E-state index < -0.39 is 0 Å². The van der Waals surface area contributed by atoms with E-state index in [1.807, 2.05) is 0 Å². The van der Waals surface area contributed by atoms with Crippen LogP contribution in [0, 0.1) is 11.8 Å². The summed E-state index contributed by atoms with van der Waals surface area (Å²) in [6.07, 6.45) is 5.74. The van der Waals surface area contributed by atoms with Crippen molar-refractivity contribution >= 4 is 0 Å². The van der Waals surface area contributed by atoms with Crippen LogP contribution in [-0.2, 0) is 0 Å². The van der Waals surface area contributed by atoms with E-state index in [-0.39, 0.29) is 0 Å². The van der Waals surface area contributed by atoms with Gasteiger partial charge >= 0.3 is 0 Å². The number of nitrogens with zero attached hydrogens (tertiary/aromatic N) is 1. The predicted molar refractivity (Wildman–Crippen MR) is 65.0 cm³/mol. The maximum atomic E-state index is 3.77. The fourth-order valence-corrected chi connectivity index (χ4v) is 3.56. The molecule has 1 aliphatic carbocycles. The molecule has 0 bridgehead atoms. The van der Waals surface area contributed by atoms with Crippen LogP contribution in [0.4, 0.5) is 0 Å². The van der Waals surface area contributed by atoms with Gasteiger partial charge in [-0.25, -0.2) is 0 Å². The summed E-state index contributed by atoms with van der Waals surface area (Å²) in [6, 6.07) is 1.60. The van der Waals surface area contributed by atoms with Gasteiger partial charge in [-0.1, -0.05) is 26.7 Å². The minimum Gasteiger partial charge on any atom is -0.312 e. The molecule has 1 saturated carbocycles. The minimum absolute atomic E-state index is 0.750. The largest absolute Gasteiger partial charge is 0.312 e. The zero-order valence-electron chi connectivity index (χ0n) is 10.5. The lowest BCUT2D eigenvalue weighted by atomic mass is 9.76. The van der Waals surface area contributed by atoms with Gasteiger partial charge in [0.15, 0.2) is 0 Å². The molecule has 2 aliphatic rings. The Hall–Kier alpha value is -0.0800. The van der Waals surface area contributed by atoms with Crippen LogP contribution in [0.15, 0.2) is 0 Å². The van der Waals surface area contributed by atoms with E-state index >= 15 is 0 Å². The Morgan fingerprint density at radius 3 is 2.67 bits per heavy atom. The van der Waals surface area contributed by atoms with E-state index in [0.717, 1.165) is 23.9 Å². The minimum atomic E-state index is 0.750. The summed E-state index contributed by atoms with van der Waals surface area (Å²) >= 11 is 0. The van der Waals surface area contributed by atoms with Crippen LogP contribution in [0.2, 0.25) is 0 Å². The number of likely N-dealkylation sites (N-methyl/N-ethyl adjacent to an activating group) is 1. The second kappa shape index (κ2) is 4.84. The number of fused-ring (bicyclic) bond motifs is 1. The molecule has 2 rings (SSSR count). The Balaban J connectivity index is 2.13. The first-order valence-corrected chi connectivity index (χ1v) is 6.64. The predicted octanol–water partition coefficient (Wildman–Crippen LogP) is 2.10. The zero-order chi connectivity index (χ0) is 10.8. The van der Waals surface area contributed by atoms with E-state index in [9.17, 15) is 0 Å². The molecule has 0 aromatic heterocycles. The first-order chi connectivity index (χ1) is 7.20. The molecule has 0 radical (unpaired) electrons. The summed E-state index contributed by atoms with van der Waals surface area (Å²) in [6.45, 7) is 7.14. The molecule has 0 spiro atoms. The molecule has 2 heteroatoms. The molecule has 3 atom stereocenters. The van der Waals surface area contributed by atoms with Crippen molar-refractivity contribution in [3.05, 3.63) is 0 Å². The second-order valence-electron chi connectivity index (χ2n) is 5.72. The van der Waals surface area contributed by atoms with Gasteiger partial charge in [0.2, 0.25) is 0 Å². The number of hydrogen-bond acceptors (Lipinski definition) is 2. The number of hydrogen-bond donors (Lipinski definition) is 1. The standard InChI is InChI=1S/C13H26N2/c1-10(2)13-11-6-4-5-7-12(11)15(3)9-8-14-13/h10-14H,4-9H2,1-3H3. The summed E-state index contributed by atoms with van der Waals surface area (Å²) in [5, 5.41) is 3.77. The zero-order valence-corrected chi connectivity index (χ0v) is 10.5. The smallest absolute Gasteiger partial charge is 0.0136 e. The molecule has 88 valence electrons. The molecular formula is C13H26N2. The Kier molecular flexibility index (Phi) is 3.68. The third kappa shape index (κ3) is 2.36. The summed E-state index contributed by atoms with van der Waals surface area (Å²) in [7, 11) is 2.31. The highest BCUT2D eigenvalue weighted by atomic mass is 15.2. The van der Waals surface area contributed by atoms with Gasteiger partial charge in [-0.2, -0.15) is 0 Å². The third-order valence-electron chi connectivity index (χ3n) is 4.37. The van der Waals surface area contributed by atoms with E-state index in [1.54, 1.807) is 0 Å². The van der Waals surface area contributed by atoms with Gasteiger partial charge in [0.25, 0.3) is 0 Å². The van der Waals surface area contributed by atoms with Gasteiger partial charge in [0.05, 0.1) is 0 Å². The van der Waals surface area contributed by atoms with E-state index in [0.29, 0.717) is 0 Å². The van der Waals surface area contributed by atoms with Crippen LogP contribution in [0.3, 0.4) is 0 Å². The third-order valence-corrected chi connectivity index (χ3v) is 4.37. The Morgan fingerprint density at radius 1 is 1.20 bits per heavy atom. The van der Waals surface area contributed by atoms with Crippen LogP contribution < -0.4 is 5.32 Å². The molecule has 0 aromatic carbocycles. The molecule has 1 aliphatic heterocycles. The van der Waals surface area contributed by atoms with Gasteiger partial charge in [-0.3, -0.25) is 0 Å². The van der Waals surface area contributed by atoms with Crippen LogP contribution in [-0.4, -0.2) is 37.1 Å². The van der Waals surface area contributed by atoms with Crippen molar-refractivity contribution in [2.45, 2.75) is 51.6 Å². The normalized spacial score (nSPS) is 38.8. The van der Waals surface area contributed by atoms with E-state index in [1.165, 1.54) is 38.8 Å². The van der Waals surface area contributed by atoms with E-state index in [2.05, 4.69) is 31.1 Å². The second-order valence-corrected chi connectivity index (χ2v) is 5.72. The molecule has 1 N–H and O–H groups in total. The summed E-state index contributed by atoms with van der Waals surface area (Å²) in [4.78, 5) is 2.60. The van der Waals surface area contributed by atoms with Gasteiger partial charge < -0.3 is 10.2 Å². The molecule has 1 saturated heterocycles. The Morgan fingerprint density at radius 2 is 1.93 bits per heavy atom. The summed E-state index contributed by atoms with van der Waals surface area (Å²) < 4.78 is 0. The maximum absolute atomic E-state index is 3.77. The maximum Gasteiger partial charge on any atom is 0.0136 e. The van der Waals surface area contributed by atoms with E-state index in [4.69, 9.17) is 0 Å². The van der Waals surface area contributed by atoms with Gasteiger partial charge in [-0.15, -0.1) is 0 Å². The first kappa shape index (κ1) is 11.4. The lowest BCUT2D eigenvalue weighted by Gasteiger charge is -2.40. The number of nitrogens with one attached hydrogen (secondary N) is 1. The van der Waals surface area contributed by atoms with Crippen molar-refractivity contribution in [2.75, 3.05) is 20.1 Å². The molecule has 2 fully saturated rings. The first-order valence-electron chi connectivity index (χ1n) is 6.64. The highest BCUT2D eigenvalue weighted by Gasteiger charge is 2.36.